The first-order chi connectivity index (χ1) is 17.2. The second-order valence-corrected chi connectivity index (χ2v) is 7.01. The molecule has 0 aliphatic carbocycles. The zero-order valence-electron chi connectivity index (χ0n) is 21.6. The van der Waals surface area contributed by atoms with Gasteiger partial charge < -0.3 is 47.4 Å². The van der Waals surface area contributed by atoms with Crippen molar-refractivity contribution in [1.82, 2.24) is 0 Å². The molecule has 0 saturated carbocycles. The molecule has 0 spiro atoms. The fraction of sp³-hybridized carbons (Fsp3) is 0.875. The second-order valence-electron chi connectivity index (χ2n) is 7.01. The van der Waals surface area contributed by atoms with Crippen molar-refractivity contribution in [1.29, 1.82) is 0 Å². The molecule has 11 heteroatoms. The van der Waals surface area contributed by atoms with Gasteiger partial charge in [-0.05, 0) is 13.8 Å². The fourth-order valence-electron chi connectivity index (χ4n) is 2.22. The van der Waals surface area contributed by atoms with Crippen molar-refractivity contribution in [3.8, 4) is 0 Å². The summed E-state index contributed by atoms with van der Waals surface area (Å²) < 4.78 is 53.2. The molecule has 11 nitrogen and oxygen atoms in total. The van der Waals surface area contributed by atoms with E-state index in [-0.39, 0.29) is 6.61 Å². The summed E-state index contributed by atoms with van der Waals surface area (Å²) in [6.45, 7) is 16.6. The van der Waals surface area contributed by atoms with E-state index in [4.69, 9.17) is 47.4 Å². The molecule has 0 heterocycles. The molecule has 0 unspecified atom stereocenters. The molecule has 0 aliphatic rings. The van der Waals surface area contributed by atoms with E-state index in [1.54, 1.807) is 6.92 Å². The van der Waals surface area contributed by atoms with Crippen LogP contribution in [0.25, 0.3) is 0 Å². The average molecular weight is 511 g/mol. The fourth-order valence-corrected chi connectivity index (χ4v) is 2.22. The van der Waals surface area contributed by atoms with E-state index in [1.807, 2.05) is 6.92 Å². The Bertz CT molecular complexity index is 463. The summed E-state index contributed by atoms with van der Waals surface area (Å²) in [7, 11) is 0. The Balaban J connectivity index is 3.05. The van der Waals surface area contributed by atoms with Gasteiger partial charge in [-0.1, -0.05) is 6.58 Å². The number of hydrogen-bond acceptors (Lipinski definition) is 11. The van der Waals surface area contributed by atoms with Gasteiger partial charge in [0, 0.05) is 12.2 Å². The van der Waals surface area contributed by atoms with Crippen molar-refractivity contribution >= 4 is 5.97 Å². The van der Waals surface area contributed by atoms with Gasteiger partial charge in [0.2, 0.25) is 0 Å². The summed E-state index contributed by atoms with van der Waals surface area (Å²) in [6.07, 6.45) is 0. The van der Waals surface area contributed by atoms with Crippen molar-refractivity contribution in [2.75, 3.05) is 126 Å². The van der Waals surface area contributed by atoms with E-state index in [0.29, 0.717) is 124 Å². The molecule has 0 bridgehead atoms. The van der Waals surface area contributed by atoms with E-state index in [9.17, 15) is 4.79 Å². The van der Waals surface area contributed by atoms with Crippen LogP contribution in [-0.4, -0.2) is 132 Å². The van der Waals surface area contributed by atoms with Gasteiger partial charge in [0.15, 0.2) is 0 Å². The van der Waals surface area contributed by atoms with Crippen molar-refractivity contribution in [2.24, 2.45) is 0 Å². The summed E-state index contributed by atoms with van der Waals surface area (Å²) in [5.74, 6) is -0.409. The van der Waals surface area contributed by atoms with Crippen LogP contribution < -0.4 is 0 Å². The predicted molar refractivity (Wildman–Crippen MR) is 129 cm³/mol. The number of hydrogen-bond donors (Lipinski definition) is 0. The maximum absolute atomic E-state index is 11.1. The van der Waals surface area contributed by atoms with Gasteiger partial charge >= 0.3 is 5.97 Å². The van der Waals surface area contributed by atoms with Gasteiger partial charge in [0.25, 0.3) is 0 Å². The molecule has 0 aliphatic heterocycles. The van der Waals surface area contributed by atoms with Gasteiger partial charge in [-0.15, -0.1) is 0 Å². The van der Waals surface area contributed by atoms with Crippen LogP contribution in [0.2, 0.25) is 0 Å². The third-order valence-electron chi connectivity index (χ3n) is 3.99. The molecule has 0 aromatic heterocycles. The summed E-state index contributed by atoms with van der Waals surface area (Å²) in [6, 6.07) is 0. The molecule has 0 fully saturated rings. The third kappa shape index (κ3) is 29.0. The van der Waals surface area contributed by atoms with Crippen LogP contribution in [0.3, 0.4) is 0 Å². The maximum Gasteiger partial charge on any atom is 0.333 e. The van der Waals surface area contributed by atoms with Crippen LogP contribution in [0.1, 0.15) is 13.8 Å². The molecule has 0 aromatic rings. The van der Waals surface area contributed by atoms with Crippen LogP contribution in [0, 0.1) is 0 Å². The lowest BCUT2D eigenvalue weighted by atomic mass is 10.4. The number of esters is 1. The van der Waals surface area contributed by atoms with Gasteiger partial charge in [0.1, 0.15) is 6.61 Å². The Morgan fingerprint density at radius 1 is 0.457 bits per heavy atom. The van der Waals surface area contributed by atoms with Crippen LogP contribution >= 0.6 is 0 Å². The smallest absolute Gasteiger partial charge is 0.333 e. The molecule has 208 valence electrons. The van der Waals surface area contributed by atoms with Gasteiger partial charge in [-0.2, -0.15) is 0 Å². The van der Waals surface area contributed by atoms with Crippen LogP contribution in [0.4, 0.5) is 0 Å². The molecule has 0 saturated heterocycles. The minimum absolute atomic E-state index is 0.205. The first-order valence-electron chi connectivity index (χ1n) is 12.2. The zero-order valence-corrected chi connectivity index (χ0v) is 21.6. The summed E-state index contributed by atoms with van der Waals surface area (Å²) in [5, 5.41) is 0. The maximum atomic E-state index is 11.1. The van der Waals surface area contributed by atoms with E-state index >= 15 is 0 Å². The Hall–Kier alpha value is -1.15. The Kier molecular flexibility index (Phi) is 28.1. The average Bonchev–Trinajstić information content (AvgIpc) is 2.85. The highest BCUT2D eigenvalue weighted by atomic mass is 16.6. The lowest BCUT2D eigenvalue weighted by Gasteiger charge is -2.09. The van der Waals surface area contributed by atoms with Crippen molar-refractivity contribution in [3.63, 3.8) is 0 Å². The lowest BCUT2D eigenvalue weighted by Crippen LogP contribution is -2.15. The van der Waals surface area contributed by atoms with Gasteiger partial charge in [-0.3, -0.25) is 0 Å². The molecule has 0 atom stereocenters. The summed E-state index contributed by atoms with van der Waals surface area (Å²) in [5.41, 5.74) is 0.373. The second kappa shape index (κ2) is 29.1. The zero-order chi connectivity index (χ0) is 25.7. The number of carbonyl (C=O) groups excluding carboxylic acids is 1. The Labute approximate surface area is 210 Å². The largest absolute Gasteiger partial charge is 0.460 e. The van der Waals surface area contributed by atoms with Crippen LogP contribution in [0.15, 0.2) is 12.2 Å². The summed E-state index contributed by atoms with van der Waals surface area (Å²) >= 11 is 0. The summed E-state index contributed by atoms with van der Waals surface area (Å²) in [4.78, 5) is 11.1. The molecular formula is C24H46O11. The van der Waals surface area contributed by atoms with E-state index in [0.717, 1.165) is 0 Å². The van der Waals surface area contributed by atoms with E-state index in [2.05, 4.69) is 6.58 Å². The number of rotatable bonds is 29. The quantitative estimate of drug-likeness (QED) is 0.0824. The minimum atomic E-state index is -0.409. The van der Waals surface area contributed by atoms with Crippen molar-refractivity contribution < 1.29 is 52.2 Å². The van der Waals surface area contributed by atoms with E-state index in [1.165, 1.54) is 0 Å². The molecule has 35 heavy (non-hydrogen) atoms. The van der Waals surface area contributed by atoms with Crippen LogP contribution in [-0.2, 0) is 52.2 Å². The predicted octanol–water partition coefficient (Wildman–Crippen LogP) is 1.28. The Morgan fingerprint density at radius 2 is 0.686 bits per heavy atom. The monoisotopic (exact) mass is 510 g/mol. The third-order valence-corrected chi connectivity index (χ3v) is 3.99. The molecule has 0 amide bonds. The molecule has 0 rings (SSSR count). The van der Waals surface area contributed by atoms with Crippen molar-refractivity contribution in [3.05, 3.63) is 12.2 Å². The normalized spacial score (nSPS) is 11.1. The first-order valence-corrected chi connectivity index (χ1v) is 12.2. The molecule has 0 aromatic carbocycles. The van der Waals surface area contributed by atoms with Gasteiger partial charge in [0.05, 0.1) is 112 Å². The Morgan fingerprint density at radius 3 is 0.914 bits per heavy atom. The van der Waals surface area contributed by atoms with Crippen LogP contribution in [0.5, 0.6) is 0 Å². The molecule has 0 N–H and O–H groups in total. The highest BCUT2D eigenvalue weighted by Gasteiger charge is 2.01. The highest BCUT2D eigenvalue weighted by Crippen LogP contribution is 1.92. The number of ether oxygens (including phenoxy) is 10. The van der Waals surface area contributed by atoms with E-state index < -0.39 is 5.97 Å². The SMILES string of the molecule is C=C(C)C(=O)OCCOCCOCCOCCOCCOCCOCCOCCOCCOCC. The molecular weight excluding hydrogens is 464 g/mol. The van der Waals surface area contributed by atoms with Crippen molar-refractivity contribution in [2.45, 2.75) is 13.8 Å². The highest BCUT2D eigenvalue weighted by molar-refractivity contribution is 5.86. The molecule has 0 radical (unpaired) electrons. The minimum Gasteiger partial charge on any atom is -0.460 e. The van der Waals surface area contributed by atoms with Gasteiger partial charge in [-0.25, -0.2) is 4.79 Å². The lowest BCUT2D eigenvalue weighted by molar-refractivity contribution is -0.140. The topological polar surface area (TPSA) is 109 Å². The first kappa shape index (κ1) is 33.8. The number of carbonyl (C=O) groups is 1. The standard InChI is InChI=1S/C24H46O11/c1-4-26-5-6-27-7-8-28-9-10-29-11-12-30-13-14-31-15-16-32-17-18-33-19-20-34-21-22-35-24(25)23(2)3/h2,4-22H2,1,3H3.